The second-order valence-corrected chi connectivity index (χ2v) is 8.61. The summed E-state index contributed by atoms with van der Waals surface area (Å²) in [7, 11) is 1.46. The molecule has 0 fully saturated rings. The van der Waals surface area contributed by atoms with Gasteiger partial charge in [-0.2, -0.15) is 5.26 Å². The van der Waals surface area contributed by atoms with Crippen LogP contribution in [0.2, 0.25) is 0 Å². The van der Waals surface area contributed by atoms with Gasteiger partial charge in [-0.25, -0.2) is 14.4 Å². The Morgan fingerprint density at radius 1 is 1.30 bits per heavy atom. The fraction of sp³-hybridized carbons (Fsp3) is 0.167. The van der Waals surface area contributed by atoms with Crippen molar-refractivity contribution in [2.24, 2.45) is 0 Å². The van der Waals surface area contributed by atoms with Gasteiger partial charge in [0.05, 0.1) is 22.5 Å². The van der Waals surface area contributed by atoms with Gasteiger partial charge in [-0.15, -0.1) is 0 Å². The van der Waals surface area contributed by atoms with Crippen LogP contribution >= 0.6 is 0 Å². The second-order valence-electron chi connectivity index (χ2n) is 8.61. The van der Waals surface area contributed by atoms with Crippen LogP contribution in [0.15, 0.2) is 48.8 Å². The minimum Gasteiger partial charge on any atom is -0.410 e. The molecule has 0 spiro atoms. The van der Waals surface area contributed by atoms with Gasteiger partial charge in [-0.3, -0.25) is 0 Å². The van der Waals surface area contributed by atoms with E-state index in [1.165, 1.54) is 19.5 Å². The lowest BCUT2D eigenvalue weighted by Gasteiger charge is -2.20. The number of rotatable bonds is 5. The monoisotopic (exact) mass is 437 g/mol. The Labute approximate surface area is 190 Å². The Bertz CT molecular complexity index is 1440. The molecule has 0 amide bonds. The van der Waals surface area contributed by atoms with E-state index in [0.717, 1.165) is 28.4 Å². The summed E-state index contributed by atoms with van der Waals surface area (Å²) in [6.45, 7) is 4.75. The standard InChI is InChI=1S/C24H19BFN6O/c1-24(2)12-32(25-13-33)22-15(11-27)7-14(8-18(22)24)19-4-6-29-23(30-19)31-21-10-16(26)9-20-17(21)3-5-28-20/h3-10,13,28H,12H2,1-2H3,(H,29,30,31). The number of nitrogens with one attached hydrogen (secondary N) is 2. The first-order valence-electron chi connectivity index (χ1n) is 10.4. The largest absolute Gasteiger partial charge is 0.410 e. The molecule has 2 N–H and O–H groups in total. The minimum absolute atomic E-state index is 0.258. The number of nitriles is 1. The molecule has 0 aliphatic carbocycles. The predicted molar refractivity (Wildman–Crippen MR) is 127 cm³/mol. The van der Waals surface area contributed by atoms with Gasteiger partial charge < -0.3 is 19.9 Å². The average Bonchev–Trinajstić information content (AvgIpc) is 3.36. The third kappa shape index (κ3) is 3.59. The van der Waals surface area contributed by atoms with Crippen molar-refractivity contribution in [3.8, 4) is 17.3 Å². The maximum absolute atomic E-state index is 14.0. The van der Waals surface area contributed by atoms with Crippen LogP contribution in [0.3, 0.4) is 0 Å². The van der Waals surface area contributed by atoms with Crippen LogP contribution in [0.25, 0.3) is 22.2 Å². The smallest absolute Gasteiger partial charge is 0.329 e. The van der Waals surface area contributed by atoms with E-state index in [9.17, 15) is 14.4 Å². The number of carbonyl (C=O) groups is 1. The van der Waals surface area contributed by atoms with Gasteiger partial charge in [0.15, 0.2) is 0 Å². The highest BCUT2D eigenvalue weighted by Crippen LogP contribution is 2.44. The fourth-order valence-electron chi connectivity index (χ4n) is 4.42. The summed E-state index contributed by atoms with van der Waals surface area (Å²) in [6.07, 6.45) is 4.10. The molecule has 3 heterocycles. The van der Waals surface area contributed by atoms with Crippen LogP contribution < -0.4 is 10.1 Å². The number of hydrogen-bond acceptors (Lipinski definition) is 6. The highest BCUT2D eigenvalue weighted by atomic mass is 19.1. The van der Waals surface area contributed by atoms with E-state index in [1.54, 1.807) is 24.5 Å². The lowest BCUT2D eigenvalue weighted by Crippen LogP contribution is -2.32. The molecular weight excluding hydrogens is 418 g/mol. The van der Waals surface area contributed by atoms with Gasteiger partial charge in [0, 0.05) is 41.0 Å². The van der Waals surface area contributed by atoms with Crippen molar-refractivity contribution < 1.29 is 9.18 Å². The topological polar surface area (TPSA) is 97.7 Å². The highest BCUT2D eigenvalue weighted by Gasteiger charge is 2.37. The van der Waals surface area contributed by atoms with Crippen LogP contribution in [0.5, 0.6) is 0 Å². The number of aromatic nitrogens is 3. The summed E-state index contributed by atoms with van der Waals surface area (Å²) < 4.78 is 14.0. The number of aromatic amines is 1. The zero-order valence-electron chi connectivity index (χ0n) is 18.1. The predicted octanol–water partition coefficient (Wildman–Crippen LogP) is 4.29. The van der Waals surface area contributed by atoms with Crippen molar-refractivity contribution >= 4 is 41.8 Å². The highest BCUT2D eigenvalue weighted by molar-refractivity contribution is 6.70. The molecule has 5 rings (SSSR count). The zero-order chi connectivity index (χ0) is 23.2. The van der Waals surface area contributed by atoms with Crippen LogP contribution in [-0.2, 0) is 10.2 Å². The SMILES string of the molecule is CC1(C)CN([B]C=O)c2c(C#N)cc(-c3ccnc(Nc4cc(F)cc5[nH]ccc45)n3)cc21. The van der Waals surface area contributed by atoms with E-state index in [-0.39, 0.29) is 11.2 Å². The van der Waals surface area contributed by atoms with Crippen molar-refractivity contribution in [1.29, 1.82) is 5.26 Å². The average molecular weight is 437 g/mol. The van der Waals surface area contributed by atoms with E-state index < -0.39 is 0 Å². The summed E-state index contributed by atoms with van der Waals surface area (Å²) in [6, 6.07) is 12.5. The quantitative estimate of drug-likeness (QED) is 0.357. The third-order valence-electron chi connectivity index (χ3n) is 5.88. The maximum atomic E-state index is 14.0. The molecule has 7 nitrogen and oxygen atoms in total. The molecule has 0 atom stereocenters. The van der Waals surface area contributed by atoms with E-state index in [1.807, 2.05) is 16.9 Å². The molecule has 4 aromatic rings. The number of hydrogen-bond donors (Lipinski definition) is 2. The van der Waals surface area contributed by atoms with Gasteiger partial charge in [-0.05, 0) is 42.0 Å². The number of halogens is 1. The number of nitrogens with zero attached hydrogens (tertiary/aromatic N) is 4. The molecule has 2 aromatic heterocycles. The van der Waals surface area contributed by atoms with E-state index in [4.69, 9.17) is 0 Å². The Morgan fingerprint density at radius 3 is 2.94 bits per heavy atom. The Kier molecular flexibility index (Phi) is 4.86. The first-order chi connectivity index (χ1) is 15.9. The number of anilines is 3. The minimum atomic E-state index is -0.375. The number of carbonyl (C=O) groups excluding carboxylic acids is 1. The van der Waals surface area contributed by atoms with Crippen LogP contribution in [-0.4, -0.2) is 35.1 Å². The van der Waals surface area contributed by atoms with Crippen molar-refractivity contribution in [2.75, 3.05) is 16.7 Å². The number of H-pyrrole nitrogens is 1. The lowest BCUT2D eigenvalue weighted by atomic mass is 9.84. The van der Waals surface area contributed by atoms with Crippen LogP contribution in [0.4, 0.5) is 21.7 Å². The molecule has 1 aliphatic rings. The maximum Gasteiger partial charge on any atom is 0.329 e. The van der Waals surface area contributed by atoms with Crippen molar-refractivity contribution in [3.05, 3.63) is 65.7 Å². The molecular formula is C24H19BFN6O. The summed E-state index contributed by atoms with van der Waals surface area (Å²) in [5, 5.41) is 13.8. The van der Waals surface area contributed by atoms with Crippen molar-refractivity contribution in [2.45, 2.75) is 19.3 Å². The molecule has 0 unspecified atom stereocenters. The van der Waals surface area contributed by atoms with Gasteiger partial charge in [0.1, 0.15) is 18.1 Å². The summed E-state index contributed by atoms with van der Waals surface area (Å²) in [4.78, 5) is 24.8. The van der Waals surface area contributed by atoms with Gasteiger partial charge >= 0.3 is 7.41 Å². The fourth-order valence-corrected chi connectivity index (χ4v) is 4.42. The molecule has 1 radical (unpaired) electrons. The molecule has 0 saturated carbocycles. The Balaban J connectivity index is 1.56. The van der Waals surface area contributed by atoms with E-state index in [0.29, 0.717) is 35.0 Å². The summed E-state index contributed by atoms with van der Waals surface area (Å²) in [5.74, 6) is -0.0606. The molecule has 0 bridgehead atoms. The van der Waals surface area contributed by atoms with Crippen molar-refractivity contribution in [3.63, 3.8) is 0 Å². The molecule has 0 saturated heterocycles. The molecule has 9 heteroatoms. The summed E-state index contributed by atoms with van der Waals surface area (Å²) >= 11 is 0. The lowest BCUT2D eigenvalue weighted by molar-refractivity contribution is 0.565. The second kappa shape index (κ2) is 7.75. The normalized spacial score (nSPS) is 14.1. The summed E-state index contributed by atoms with van der Waals surface area (Å²) in [5.41, 5.74) is 4.55. The first kappa shape index (κ1) is 20.7. The molecule has 1 aliphatic heterocycles. The molecule has 33 heavy (non-hydrogen) atoms. The Morgan fingerprint density at radius 2 is 2.15 bits per heavy atom. The number of benzene rings is 2. The molecule has 161 valence electrons. The van der Waals surface area contributed by atoms with Gasteiger partial charge in [0.25, 0.3) is 0 Å². The molecule has 2 aromatic carbocycles. The zero-order valence-corrected chi connectivity index (χ0v) is 18.1. The third-order valence-corrected chi connectivity index (χ3v) is 5.88. The Hall–Kier alpha value is -4.19. The number of fused-ring (bicyclic) bond motifs is 2. The van der Waals surface area contributed by atoms with Crippen LogP contribution in [0, 0.1) is 17.1 Å². The van der Waals surface area contributed by atoms with Gasteiger partial charge in [-0.1, -0.05) is 13.8 Å². The van der Waals surface area contributed by atoms with Crippen molar-refractivity contribution in [1.82, 2.24) is 15.0 Å². The van der Waals surface area contributed by atoms with Crippen LogP contribution in [0.1, 0.15) is 25.0 Å². The first-order valence-corrected chi connectivity index (χ1v) is 10.4. The van der Waals surface area contributed by atoms with E-state index in [2.05, 4.69) is 40.2 Å². The van der Waals surface area contributed by atoms with Gasteiger partial charge in [0.2, 0.25) is 5.95 Å². The van der Waals surface area contributed by atoms with E-state index >= 15 is 0 Å².